The Morgan fingerprint density at radius 2 is 1.55 bits per heavy atom. The topological polar surface area (TPSA) is 108 Å². The summed E-state index contributed by atoms with van der Waals surface area (Å²) in [7, 11) is 5.66. The van der Waals surface area contributed by atoms with Gasteiger partial charge >= 0.3 is 0 Å². The molecule has 1 N–H and O–H groups in total. The molecule has 0 aliphatic rings. The number of ketones is 1. The van der Waals surface area contributed by atoms with Crippen LogP contribution in [0.15, 0.2) is 34.5 Å². The summed E-state index contributed by atoms with van der Waals surface area (Å²) in [6.45, 7) is 1.22. The molecule has 1 amide bonds. The summed E-state index contributed by atoms with van der Waals surface area (Å²) in [5, 5.41) is 11.1. The second kappa shape index (κ2) is 10.8. The summed E-state index contributed by atoms with van der Waals surface area (Å²) >= 11 is 12.2. The third-order valence-electron chi connectivity index (χ3n) is 4.11. The molecule has 2 aromatic carbocycles. The molecule has 0 heterocycles. The van der Waals surface area contributed by atoms with E-state index >= 15 is 0 Å². The lowest BCUT2D eigenvalue weighted by Gasteiger charge is -2.15. The summed E-state index contributed by atoms with van der Waals surface area (Å²) in [6, 6.07) is 4.61. The van der Waals surface area contributed by atoms with E-state index in [4.69, 9.17) is 42.1 Å². The number of azo groups is 1. The molecule has 1 atom stereocenters. The molecule has 166 valence electrons. The van der Waals surface area contributed by atoms with Crippen molar-refractivity contribution in [1.29, 1.82) is 0 Å². The summed E-state index contributed by atoms with van der Waals surface area (Å²) in [5.41, 5.74) is 0.385. The minimum atomic E-state index is -1.46. The van der Waals surface area contributed by atoms with Crippen molar-refractivity contribution in [2.75, 3.05) is 33.8 Å². The van der Waals surface area contributed by atoms with Gasteiger partial charge in [-0.3, -0.25) is 9.59 Å². The van der Waals surface area contributed by atoms with Gasteiger partial charge in [0, 0.05) is 12.1 Å². The highest BCUT2D eigenvalue weighted by molar-refractivity contribution is 6.33. The first kappa shape index (κ1) is 24.2. The lowest BCUT2D eigenvalue weighted by Crippen LogP contribution is -2.32. The van der Waals surface area contributed by atoms with Crippen molar-refractivity contribution >= 4 is 46.3 Å². The molecule has 1 unspecified atom stereocenters. The van der Waals surface area contributed by atoms with Crippen LogP contribution in [0.4, 0.5) is 11.4 Å². The van der Waals surface area contributed by atoms with E-state index in [1.165, 1.54) is 47.5 Å². The summed E-state index contributed by atoms with van der Waals surface area (Å²) < 4.78 is 20.9. The minimum absolute atomic E-state index is 0.141. The molecule has 2 aromatic rings. The van der Waals surface area contributed by atoms with Crippen molar-refractivity contribution in [2.24, 2.45) is 10.2 Å². The molecule has 0 spiro atoms. The first-order chi connectivity index (χ1) is 14.8. The number of ether oxygens (including phenoxy) is 4. The van der Waals surface area contributed by atoms with E-state index in [0.717, 1.165) is 0 Å². The smallest absolute Gasteiger partial charge is 0.258 e. The standard InChI is InChI=1S/C20H21Cl2N3O6/c1-10(26)17(24-25-18-14(28-2)7-6-11(21)19(18)31-5)20(27)23-13-9-15(29-3)12(22)8-16(13)30-4/h6-9,17H,1-5H3,(H,23,27). The van der Waals surface area contributed by atoms with Gasteiger partial charge in [-0.2, -0.15) is 5.11 Å². The highest BCUT2D eigenvalue weighted by atomic mass is 35.5. The SMILES string of the molecule is COc1cc(NC(=O)C(N=Nc2c(OC)ccc(Cl)c2OC)C(C)=O)c(OC)cc1Cl. The van der Waals surface area contributed by atoms with E-state index < -0.39 is 17.7 Å². The van der Waals surface area contributed by atoms with Crippen LogP contribution >= 0.6 is 23.2 Å². The van der Waals surface area contributed by atoms with Gasteiger partial charge in [-0.25, -0.2) is 0 Å². The molecule has 11 heteroatoms. The highest BCUT2D eigenvalue weighted by Crippen LogP contribution is 2.42. The van der Waals surface area contributed by atoms with Crippen LogP contribution in [0.5, 0.6) is 23.0 Å². The van der Waals surface area contributed by atoms with Crippen LogP contribution in [-0.2, 0) is 9.59 Å². The lowest BCUT2D eigenvalue weighted by atomic mass is 10.2. The number of nitrogens with zero attached hydrogens (tertiary/aromatic N) is 2. The molecule has 9 nitrogen and oxygen atoms in total. The molecule has 31 heavy (non-hydrogen) atoms. The normalized spacial score (nSPS) is 11.7. The van der Waals surface area contributed by atoms with Crippen LogP contribution in [0, 0.1) is 0 Å². The zero-order chi connectivity index (χ0) is 23.1. The quantitative estimate of drug-likeness (QED) is 0.420. The molecule has 0 radical (unpaired) electrons. The highest BCUT2D eigenvalue weighted by Gasteiger charge is 2.25. The van der Waals surface area contributed by atoms with Crippen LogP contribution in [0.1, 0.15) is 6.92 Å². The Morgan fingerprint density at radius 3 is 2.10 bits per heavy atom. The van der Waals surface area contributed by atoms with Crippen molar-refractivity contribution < 1.29 is 28.5 Å². The van der Waals surface area contributed by atoms with Crippen LogP contribution in [0.3, 0.4) is 0 Å². The van der Waals surface area contributed by atoms with Gasteiger partial charge in [0.05, 0.1) is 44.2 Å². The minimum Gasteiger partial charge on any atom is -0.495 e. The Kier molecular flexibility index (Phi) is 8.47. The number of amides is 1. The fraction of sp³-hybridized carbons (Fsp3) is 0.300. The number of carbonyl (C=O) groups is 2. The van der Waals surface area contributed by atoms with Crippen molar-refractivity contribution in [2.45, 2.75) is 13.0 Å². The van der Waals surface area contributed by atoms with Gasteiger partial charge in [0.1, 0.15) is 17.2 Å². The van der Waals surface area contributed by atoms with Gasteiger partial charge in [0.25, 0.3) is 5.91 Å². The number of hydrogen-bond acceptors (Lipinski definition) is 8. The van der Waals surface area contributed by atoms with Gasteiger partial charge in [0.2, 0.25) is 6.04 Å². The molecule has 2 rings (SSSR count). The number of halogens is 2. The van der Waals surface area contributed by atoms with Crippen LogP contribution in [0.25, 0.3) is 0 Å². The molecule has 0 bridgehead atoms. The average Bonchev–Trinajstić information content (AvgIpc) is 2.74. The molecular weight excluding hydrogens is 449 g/mol. The fourth-order valence-corrected chi connectivity index (χ4v) is 3.04. The van der Waals surface area contributed by atoms with E-state index in [1.54, 1.807) is 12.1 Å². The average molecular weight is 470 g/mol. The van der Waals surface area contributed by atoms with Crippen molar-refractivity contribution in [3.63, 3.8) is 0 Å². The Bertz CT molecular complexity index is 1010. The number of methoxy groups -OCH3 is 4. The van der Waals surface area contributed by atoms with Crippen LogP contribution in [0.2, 0.25) is 10.0 Å². The third-order valence-corrected chi connectivity index (χ3v) is 4.70. The maximum absolute atomic E-state index is 12.8. The summed E-state index contributed by atoms with van der Waals surface area (Å²) in [6.07, 6.45) is 0. The Morgan fingerprint density at radius 1 is 0.903 bits per heavy atom. The Hall–Kier alpha value is -3.04. The van der Waals surface area contributed by atoms with Crippen molar-refractivity contribution in [3.8, 4) is 23.0 Å². The molecule has 0 saturated carbocycles. The number of carbonyl (C=O) groups excluding carboxylic acids is 2. The number of benzene rings is 2. The van der Waals surface area contributed by atoms with Gasteiger partial charge in [-0.05, 0) is 19.1 Å². The predicted molar refractivity (Wildman–Crippen MR) is 117 cm³/mol. The van der Waals surface area contributed by atoms with E-state index in [2.05, 4.69) is 15.5 Å². The zero-order valence-corrected chi connectivity index (χ0v) is 19.0. The van der Waals surface area contributed by atoms with E-state index in [9.17, 15) is 9.59 Å². The second-order valence-electron chi connectivity index (χ2n) is 6.04. The fourth-order valence-electron chi connectivity index (χ4n) is 2.58. The van der Waals surface area contributed by atoms with E-state index in [-0.39, 0.29) is 27.9 Å². The molecule has 0 aliphatic heterocycles. The van der Waals surface area contributed by atoms with E-state index in [1.807, 2.05) is 0 Å². The largest absolute Gasteiger partial charge is 0.495 e. The lowest BCUT2D eigenvalue weighted by molar-refractivity contribution is -0.126. The third kappa shape index (κ3) is 5.56. The first-order valence-corrected chi connectivity index (χ1v) is 9.57. The molecular formula is C20H21Cl2N3O6. The number of Topliss-reactive ketones (excluding diaryl/α,β-unsaturated/α-hetero) is 1. The van der Waals surface area contributed by atoms with Crippen molar-refractivity contribution in [1.82, 2.24) is 0 Å². The van der Waals surface area contributed by atoms with Gasteiger partial charge in [-0.15, -0.1) is 5.11 Å². The molecule has 0 aliphatic carbocycles. The van der Waals surface area contributed by atoms with Gasteiger partial charge < -0.3 is 24.3 Å². The van der Waals surface area contributed by atoms with E-state index in [0.29, 0.717) is 16.5 Å². The number of anilines is 1. The number of nitrogens with one attached hydrogen (secondary N) is 1. The molecule has 0 aromatic heterocycles. The van der Waals surface area contributed by atoms with Crippen LogP contribution < -0.4 is 24.3 Å². The molecule has 0 fully saturated rings. The first-order valence-electron chi connectivity index (χ1n) is 8.81. The second-order valence-corrected chi connectivity index (χ2v) is 6.85. The van der Waals surface area contributed by atoms with Crippen molar-refractivity contribution in [3.05, 3.63) is 34.3 Å². The monoisotopic (exact) mass is 469 g/mol. The number of rotatable bonds is 9. The zero-order valence-electron chi connectivity index (χ0n) is 17.5. The summed E-state index contributed by atoms with van der Waals surface area (Å²) in [4.78, 5) is 24.9. The Balaban J connectivity index is 2.40. The van der Waals surface area contributed by atoms with Gasteiger partial charge in [-0.1, -0.05) is 23.2 Å². The van der Waals surface area contributed by atoms with Crippen LogP contribution in [-0.4, -0.2) is 46.2 Å². The maximum Gasteiger partial charge on any atom is 0.258 e. The Labute approximate surface area is 189 Å². The van der Waals surface area contributed by atoms with Gasteiger partial charge in [0.15, 0.2) is 17.2 Å². The predicted octanol–water partition coefficient (Wildman–Crippen LogP) is 4.71. The molecule has 0 saturated heterocycles. The summed E-state index contributed by atoms with van der Waals surface area (Å²) in [5.74, 6) is -0.197. The number of hydrogen-bond donors (Lipinski definition) is 1. The maximum atomic E-state index is 12.8.